The normalized spacial score (nSPS) is 18.6. The first-order chi connectivity index (χ1) is 9.28. The van der Waals surface area contributed by atoms with Gasteiger partial charge < -0.3 is 5.32 Å². The number of hydrogen-bond acceptors (Lipinski definition) is 3. The van der Waals surface area contributed by atoms with Crippen LogP contribution < -0.4 is 5.32 Å². The molecule has 1 aliphatic rings. The van der Waals surface area contributed by atoms with Gasteiger partial charge in [-0.3, -0.25) is 4.68 Å². The Hall–Kier alpha value is -0.900. The molecule has 1 heterocycles. The lowest BCUT2D eigenvalue weighted by Gasteiger charge is -2.26. The molecule has 0 aromatic carbocycles. The second-order valence-corrected chi connectivity index (χ2v) is 5.98. The van der Waals surface area contributed by atoms with E-state index in [1.165, 1.54) is 44.9 Å². The van der Waals surface area contributed by atoms with Crippen LogP contribution in [0.1, 0.15) is 57.6 Å². The molecule has 1 aromatic rings. The number of aryl methyl sites for hydroxylation is 1. The molecular formula is C15H28N4. The van der Waals surface area contributed by atoms with E-state index in [0.717, 1.165) is 24.6 Å². The molecule has 0 bridgehead atoms. The molecule has 0 radical (unpaired) electrons. The minimum absolute atomic E-state index is 0.569. The van der Waals surface area contributed by atoms with Crippen LogP contribution in [0, 0.1) is 5.92 Å². The zero-order valence-electron chi connectivity index (χ0n) is 12.4. The fraction of sp³-hybridized carbons (Fsp3) is 0.867. The molecule has 0 saturated heterocycles. The van der Waals surface area contributed by atoms with Crippen LogP contribution in [-0.2, 0) is 13.5 Å². The van der Waals surface area contributed by atoms with Crippen LogP contribution in [0.5, 0.6) is 0 Å². The molecule has 1 N–H and O–H groups in total. The zero-order chi connectivity index (χ0) is 13.5. The van der Waals surface area contributed by atoms with Gasteiger partial charge in [-0.2, -0.15) is 0 Å². The van der Waals surface area contributed by atoms with Gasteiger partial charge in [-0.05, 0) is 25.3 Å². The lowest BCUT2D eigenvalue weighted by atomic mass is 9.84. The van der Waals surface area contributed by atoms with Crippen molar-refractivity contribution in [2.75, 3.05) is 6.54 Å². The van der Waals surface area contributed by atoms with E-state index in [0.29, 0.717) is 6.04 Å². The average Bonchev–Trinajstić information content (AvgIpc) is 2.82. The Morgan fingerprint density at radius 3 is 2.79 bits per heavy atom. The molecule has 108 valence electrons. The minimum atomic E-state index is 0.569. The summed E-state index contributed by atoms with van der Waals surface area (Å²) in [5.74, 6) is 0.916. The number of nitrogens with one attached hydrogen (secondary N) is 1. The van der Waals surface area contributed by atoms with E-state index in [4.69, 9.17) is 0 Å². The van der Waals surface area contributed by atoms with Crippen LogP contribution in [-0.4, -0.2) is 27.6 Å². The summed E-state index contributed by atoms with van der Waals surface area (Å²) < 4.78 is 1.80. The third kappa shape index (κ3) is 4.94. The molecule has 1 unspecified atom stereocenters. The van der Waals surface area contributed by atoms with Gasteiger partial charge in [0.2, 0.25) is 0 Å². The van der Waals surface area contributed by atoms with Gasteiger partial charge in [-0.25, -0.2) is 0 Å². The average molecular weight is 264 g/mol. The SMILES string of the molecule is CCCNC(Cc1cn(C)nn1)CC1CCCCC1. The number of rotatable bonds is 7. The van der Waals surface area contributed by atoms with Gasteiger partial charge in [0.25, 0.3) is 0 Å². The second-order valence-electron chi connectivity index (χ2n) is 5.98. The summed E-state index contributed by atoms with van der Waals surface area (Å²) >= 11 is 0. The van der Waals surface area contributed by atoms with E-state index in [1.54, 1.807) is 4.68 Å². The first-order valence-corrected chi connectivity index (χ1v) is 7.86. The summed E-state index contributed by atoms with van der Waals surface area (Å²) in [5, 5.41) is 12.0. The Bertz CT molecular complexity index is 355. The highest BCUT2D eigenvalue weighted by atomic mass is 15.4. The van der Waals surface area contributed by atoms with Crippen molar-refractivity contribution in [3.05, 3.63) is 11.9 Å². The Morgan fingerprint density at radius 2 is 2.16 bits per heavy atom. The lowest BCUT2D eigenvalue weighted by Crippen LogP contribution is -2.34. The smallest absolute Gasteiger partial charge is 0.0842 e. The van der Waals surface area contributed by atoms with E-state index < -0.39 is 0 Å². The van der Waals surface area contributed by atoms with Crippen molar-refractivity contribution < 1.29 is 0 Å². The van der Waals surface area contributed by atoms with Crippen LogP contribution >= 0.6 is 0 Å². The first kappa shape index (κ1) is 14.5. The summed E-state index contributed by atoms with van der Waals surface area (Å²) in [6.07, 6.45) is 12.7. The molecule has 1 saturated carbocycles. The van der Waals surface area contributed by atoms with E-state index in [2.05, 4.69) is 22.6 Å². The fourth-order valence-corrected chi connectivity index (χ4v) is 3.15. The van der Waals surface area contributed by atoms with Gasteiger partial charge >= 0.3 is 0 Å². The minimum Gasteiger partial charge on any atom is -0.314 e. The monoisotopic (exact) mass is 264 g/mol. The summed E-state index contributed by atoms with van der Waals surface area (Å²) in [4.78, 5) is 0. The Morgan fingerprint density at radius 1 is 1.37 bits per heavy atom. The zero-order valence-corrected chi connectivity index (χ0v) is 12.4. The topological polar surface area (TPSA) is 42.7 Å². The molecule has 0 spiro atoms. The molecule has 2 rings (SSSR count). The molecular weight excluding hydrogens is 236 g/mol. The Balaban J connectivity index is 1.86. The van der Waals surface area contributed by atoms with Crippen molar-refractivity contribution in [2.24, 2.45) is 13.0 Å². The Labute approximate surface area is 117 Å². The van der Waals surface area contributed by atoms with Gasteiger partial charge in [-0.15, -0.1) is 5.10 Å². The van der Waals surface area contributed by atoms with E-state index in [-0.39, 0.29) is 0 Å². The molecule has 1 atom stereocenters. The largest absolute Gasteiger partial charge is 0.314 e. The van der Waals surface area contributed by atoms with Crippen molar-refractivity contribution in [1.29, 1.82) is 0 Å². The van der Waals surface area contributed by atoms with E-state index in [9.17, 15) is 0 Å². The maximum absolute atomic E-state index is 4.23. The maximum atomic E-state index is 4.23. The van der Waals surface area contributed by atoms with Crippen LogP contribution in [0.15, 0.2) is 6.20 Å². The second kappa shape index (κ2) is 7.63. The van der Waals surface area contributed by atoms with E-state index >= 15 is 0 Å². The molecule has 0 aliphatic heterocycles. The standard InChI is InChI=1S/C15H28N4/c1-3-9-16-14(10-13-7-5-4-6-8-13)11-15-12-19(2)18-17-15/h12-14,16H,3-11H2,1-2H3. The molecule has 1 fully saturated rings. The predicted octanol–water partition coefficient (Wildman–Crippen LogP) is 2.70. The van der Waals surface area contributed by atoms with Crippen LogP contribution in [0.4, 0.5) is 0 Å². The van der Waals surface area contributed by atoms with Crippen molar-refractivity contribution in [3.8, 4) is 0 Å². The summed E-state index contributed by atoms with van der Waals surface area (Å²) in [6, 6.07) is 0.569. The van der Waals surface area contributed by atoms with Crippen molar-refractivity contribution in [2.45, 2.75) is 64.3 Å². The van der Waals surface area contributed by atoms with Gasteiger partial charge in [0.15, 0.2) is 0 Å². The highest BCUT2D eigenvalue weighted by Crippen LogP contribution is 2.27. The van der Waals surface area contributed by atoms with Gasteiger partial charge in [0, 0.05) is 25.7 Å². The fourth-order valence-electron chi connectivity index (χ4n) is 3.15. The highest BCUT2D eigenvalue weighted by Gasteiger charge is 2.19. The predicted molar refractivity (Wildman–Crippen MR) is 78.0 cm³/mol. The highest BCUT2D eigenvalue weighted by molar-refractivity contribution is 4.96. The third-order valence-electron chi connectivity index (χ3n) is 4.13. The van der Waals surface area contributed by atoms with Crippen molar-refractivity contribution in [1.82, 2.24) is 20.3 Å². The summed E-state index contributed by atoms with van der Waals surface area (Å²) in [7, 11) is 1.94. The molecule has 4 heteroatoms. The van der Waals surface area contributed by atoms with Crippen LogP contribution in [0.25, 0.3) is 0 Å². The first-order valence-electron chi connectivity index (χ1n) is 7.86. The Kier molecular flexibility index (Phi) is 5.83. The molecule has 1 aliphatic carbocycles. The summed E-state index contributed by atoms with van der Waals surface area (Å²) in [6.45, 7) is 3.34. The van der Waals surface area contributed by atoms with Crippen LogP contribution in [0.3, 0.4) is 0 Å². The molecule has 4 nitrogen and oxygen atoms in total. The van der Waals surface area contributed by atoms with E-state index in [1.807, 2.05) is 13.2 Å². The lowest BCUT2D eigenvalue weighted by molar-refractivity contribution is 0.296. The molecule has 19 heavy (non-hydrogen) atoms. The van der Waals surface area contributed by atoms with Crippen molar-refractivity contribution in [3.63, 3.8) is 0 Å². The number of nitrogens with zero attached hydrogens (tertiary/aromatic N) is 3. The van der Waals surface area contributed by atoms with Gasteiger partial charge in [-0.1, -0.05) is 44.2 Å². The maximum Gasteiger partial charge on any atom is 0.0842 e. The number of hydrogen-bond donors (Lipinski definition) is 1. The third-order valence-corrected chi connectivity index (χ3v) is 4.13. The number of aromatic nitrogens is 3. The van der Waals surface area contributed by atoms with Gasteiger partial charge in [0.1, 0.15) is 0 Å². The van der Waals surface area contributed by atoms with Crippen molar-refractivity contribution >= 4 is 0 Å². The van der Waals surface area contributed by atoms with Gasteiger partial charge in [0.05, 0.1) is 5.69 Å². The molecule has 1 aromatic heterocycles. The summed E-state index contributed by atoms with van der Waals surface area (Å²) in [5.41, 5.74) is 1.12. The molecule has 0 amide bonds. The van der Waals surface area contributed by atoms with Crippen LogP contribution in [0.2, 0.25) is 0 Å². The quantitative estimate of drug-likeness (QED) is 0.823.